The first-order valence-electron chi connectivity index (χ1n) is 8.08. The number of aromatic amines is 1. The molecule has 0 unspecified atom stereocenters. The first-order chi connectivity index (χ1) is 11.8. The van der Waals surface area contributed by atoms with Crippen LogP contribution in [0.2, 0.25) is 0 Å². The molecule has 25 heavy (non-hydrogen) atoms. The SMILES string of the molecule is Cc1ccc(-n2c(C)c(C)n3c4c(=O)[nH]c(=O)n(C)c4nc23)c(C)c1. The number of nitrogens with zero attached hydrogens (tertiary/aromatic N) is 4. The normalized spacial score (nSPS) is 11.7. The first kappa shape index (κ1) is 15.4. The van der Waals surface area contributed by atoms with Gasteiger partial charge in [0, 0.05) is 18.4 Å². The molecule has 0 saturated heterocycles. The van der Waals surface area contributed by atoms with Gasteiger partial charge in [-0.25, -0.2) is 4.79 Å². The minimum absolute atomic E-state index is 0.380. The van der Waals surface area contributed by atoms with Crippen LogP contribution in [0.5, 0.6) is 0 Å². The third-order valence-electron chi connectivity index (χ3n) is 4.89. The summed E-state index contributed by atoms with van der Waals surface area (Å²) >= 11 is 0. The highest BCUT2D eigenvalue weighted by atomic mass is 16.2. The summed E-state index contributed by atoms with van der Waals surface area (Å²) in [7, 11) is 1.61. The quantitative estimate of drug-likeness (QED) is 0.576. The van der Waals surface area contributed by atoms with E-state index in [0.29, 0.717) is 16.9 Å². The zero-order valence-electron chi connectivity index (χ0n) is 14.8. The van der Waals surface area contributed by atoms with Gasteiger partial charge in [0.15, 0.2) is 11.2 Å². The average molecular weight is 337 g/mol. The Morgan fingerprint density at radius 1 is 1.04 bits per heavy atom. The molecule has 0 spiro atoms. The van der Waals surface area contributed by atoms with Crippen molar-refractivity contribution in [3.8, 4) is 5.69 Å². The lowest BCUT2D eigenvalue weighted by atomic mass is 10.1. The average Bonchev–Trinajstić information content (AvgIpc) is 3.04. The van der Waals surface area contributed by atoms with Gasteiger partial charge in [0.1, 0.15) is 0 Å². The highest BCUT2D eigenvalue weighted by molar-refractivity contribution is 5.77. The Kier molecular flexibility index (Phi) is 3.06. The van der Waals surface area contributed by atoms with Crippen LogP contribution in [0.4, 0.5) is 0 Å². The number of aromatic nitrogens is 5. The number of aryl methyl sites for hydroxylation is 4. The van der Waals surface area contributed by atoms with Gasteiger partial charge in [0.05, 0.1) is 5.69 Å². The van der Waals surface area contributed by atoms with Gasteiger partial charge in [-0.05, 0) is 39.3 Å². The summed E-state index contributed by atoms with van der Waals surface area (Å²) in [6.45, 7) is 8.07. The standard InChI is InChI=1S/C18H19N5O2/c1-9-6-7-13(10(2)8-9)22-11(3)12(4)23-14-15(19-17(22)23)21(5)18(25)20-16(14)24/h6-8H,1-5H3,(H,20,24,25). The summed E-state index contributed by atoms with van der Waals surface area (Å²) < 4.78 is 5.22. The lowest BCUT2D eigenvalue weighted by Crippen LogP contribution is -2.28. The number of H-pyrrole nitrogens is 1. The van der Waals surface area contributed by atoms with Crippen LogP contribution in [0, 0.1) is 27.7 Å². The molecule has 0 radical (unpaired) electrons. The van der Waals surface area contributed by atoms with E-state index >= 15 is 0 Å². The molecule has 128 valence electrons. The molecule has 0 aliphatic heterocycles. The smallest absolute Gasteiger partial charge is 0.282 e. The van der Waals surface area contributed by atoms with Crippen LogP contribution in [-0.2, 0) is 7.05 Å². The molecular formula is C18H19N5O2. The van der Waals surface area contributed by atoms with Crippen molar-refractivity contribution < 1.29 is 0 Å². The Balaban J connectivity index is 2.24. The molecule has 0 amide bonds. The van der Waals surface area contributed by atoms with Crippen LogP contribution in [0.25, 0.3) is 22.6 Å². The third kappa shape index (κ3) is 1.95. The second-order valence-corrected chi connectivity index (χ2v) is 6.53. The lowest BCUT2D eigenvalue weighted by Gasteiger charge is -2.10. The van der Waals surface area contributed by atoms with Crippen molar-refractivity contribution in [2.24, 2.45) is 7.05 Å². The van der Waals surface area contributed by atoms with E-state index in [2.05, 4.69) is 42.0 Å². The zero-order chi connectivity index (χ0) is 18.0. The number of rotatable bonds is 1. The molecule has 1 N–H and O–H groups in total. The Bertz CT molecular complexity index is 1280. The van der Waals surface area contributed by atoms with Crippen LogP contribution < -0.4 is 11.2 Å². The molecule has 0 saturated carbocycles. The highest BCUT2D eigenvalue weighted by Gasteiger charge is 2.21. The van der Waals surface area contributed by atoms with Crippen molar-refractivity contribution in [3.05, 3.63) is 61.6 Å². The van der Waals surface area contributed by atoms with Gasteiger partial charge >= 0.3 is 5.69 Å². The Morgan fingerprint density at radius 2 is 1.76 bits per heavy atom. The molecule has 0 aliphatic rings. The maximum atomic E-state index is 12.4. The number of hydrogen-bond acceptors (Lipinski definition) is 3. The molecule has 0 bridgehead atoms. The first-order valence-corrected chi connectivity index (χ1v) is 8.08. The number of nitrogens with one attached hydrogen (secondary N) is 1. The largest absolute Gasteiger partial charge is 0.329 e. The fraction of sp³-hybridized carbons (Fsp3) is 0.278. The van der Waals surface area contributed by atoms with E-state index in [1.807, 2.05) is 22.8 Å². The van der Waals surface area contributed by atoms with Gasteiger partial charge in [-0.15, -0.1) is 0 Å². The van der Waals surface area contributed by atoms with Crippen molar-refractivity contribution in [2.75, 3.05) is 0 Å². The van der Waals surface area contributed by atoms with E-state index in [-0.39, 0.29) is 0 Å². The number of imidazole rings is 2. The summed E-state index contributed by atoms with van der Waals surface area (Å²) in [5.41, 5.74) is 5.12. The molecule has 3 aromatic heterocycles. The van der Waals surface area contributed by atoms with E-state index in [1.54, 1.807) is 7.05 Å². The molecule has 0 fully saturated rings. The maximum absolute atomic E-state index is 12.4. The van der Waals surface area contributed by atoms with Gasteiger partial charge in [0.2, 0.25) is 5.78 Å². The second kappa shape index (κ2) is 4.95. The van der Waals surface area contributed by atoms with Crippen molar-refractivity contribution in [1.82, 2.24) is 23.5 Å². The monoisotopic (exact) mass is 337 g/mol. The Labute approximate surface area is 143 Å². The minimum Gasteiger partial charge on any atom is -0.282 e. The number of hydrogen-bond donors (Lipinski definition) is 1. The number of fused-ring (bicyclic) bond motifs is 3. The van der Waals surface area contributed by atoms with E-state index in [1.165, 1.54) is 10.1 Å². The second-order valence-electron chi connectivity index (χ2n) is 6.53. The summed E-state index contributed by atoms with van der Waals surface area (Å²) in [4.78, 5) is 31.3. The summed E-state index contributed by atoms with van der Waals surface area (Å²) in [5.74, 6) is 0.628. The zero-order valence-corrected chi connectivity index (χ0v) is 14.8. The predicted molar refractivity (Wildman–Crippen MR) is 96.8 cm³/mol. The van der Waals surface area contributed by atoms with Crippen LogP contribution in [-0.4, -0.2) is 23.5 Å². The maximum Gasteiger partial charge on any atom is 0.329 e. The molecule has 0 aliphatic carbocycles. The van der Waals surface area contributed by atoms with E-state index in [9.17, 15) is 9.59 Å². The van der Waals surface area contributed by atoms with Crippen LogP contribution in [0.1, 0.15) is 22.5 Å². The minimum atomic E-state index is -0.467. The van der Waals surface area contributed by atoms with E-state index < -0.39 is 11.2 Å². The van der Waals surface area contributed by atoms with Crippen molar-refractivity contribution in [3.63, 3.8) is 0 Å². The van der Waals surface area contributed by atoms with Gasteiger partial charge in [-0.1, -0.05) is 17.7 Å². The van der Waals surface area contributed by atoms with Crippen LogP contribution >= 0.6 is 0 Å². The summed E-state index contributed by atoms with van der Waals surface area (Å²) in [6.07, 6.45) is 0. The fourth-order valence-electron chi connectivity index (χ4n) is 3.46. The Morgan fingerprint density at radius 3 is 2.44 bits per heavy atom. The van der Waals surface area contributed by atoms with E-state index in [0.717, 1.165) is 22.6 Å². The molecule has 4 rings (SSSR count). The molecule has 1 aromatic carbocycles. The Hall–Kier alpha value is -3.09. The van der Waals surface area contributed by atoms with Crippen LogP contribution in [0.3, 0.4) is 0 Å². The van der Waals surface area contributed by atoms with E-state index in [4.69, 9.17) is 0 Å². The lowest BCUT2D eigenvalue weighted by molar-refractivity contribution is 0.830. The van der Waals surface area contributed by atoms with Crippen LogP contribution in [0.15, 0.2) is 27.8 Å². The molecular weight excluding hydrogens is 318 g/mol. The molecule has 3 heterocycles. The molecule has 7 heteroatoms. The highest BCUT2D eigenvalue weighted by Crippen LogP contribution is 2.26. The van der Waals surface area contributed by atoms with Gasteiger partial charge < -0.3 is 0 Å². The van der Waals surface area contributed by atoms with Gasteiger partial charge in [0.25, 0.3) is 5.56 Å². The molecule has 7 nitrogen and oxygen atoms in total. The molecule has 4 aromatic rings. The number of benzene rings is 1. The third-order valence-corrected chi connectivity index (χ3v) is 4.89. The topological polar surface area (TPSA) is 77.1 Å². The predicted octanol–water partition coefficient (Wildman–Crippen LogP) is 1.90. The molecule has 0 atom stereocenters. The van der Waals surface area contributed by atoms with Crippen molar-refractivity contribution >= 4 is 16.9 Å². The van der Waals surface area contributed by atoms with Gasteiger partial charge in [-0.2, -0.15) is 4.98 Å². The van der Waals surface area contributed by atoms with Crippen molar-refractivity contribution in [1.29, 1.82) is 0 Å². The van der Waals surface area contributed by atoms with Crippen molar-refractivity contribution in [2.45, 2.75) is 27.7 Å². The van der Waals surface area contributed by atoms with Gasteiger partial charge in [-0.3, -0.25) is 23.3 Å². The summed E-state index contributed by atoms with van der Waals surface area (Å²) in [6, 6.07) is 6.23. The fourth-order valence-corrected chi connectivity index (χ4v) is 3.46. The summed E-state index contributed by atoms with van der Waals surface area (Å²) in [5, 5.41) is 0.